The SMILES string of the molecule is CC#CCOc1ccc2[nH]nc(NC(=O)Nc3ccc(C(C)=O)cc3)c2c1. The number of nitrogens with zero attached hydrogens (tertiary/aromatic N) is 1. The molecule has 2 aromatic carbocycles. The van der Waals surface area contributed by atoms with E-state index in [4.69, 9.17) is 4.74 Å². The first kappa shape index (κ1) is 18.0. The molecule has 1 heterocycles. The molecule has 0 saturated carbocycles. The lowest BCUT2D eigenvalue weighted by Gasteiger charge is -2.07. The highest BCUT2D eigenvalue weighted by Gasteiger charge is 2.11. The largest absolute Gasteiger partial charge is 0.481 e. The van der Waals surface area contributed by atoms with E-state index >= 15 is 0 Å². The van der Waals surface area contributed by atoms with Crippen molar-refractivity contribution in [2.24, 2.45) is 0 Å². The number of ketones is 1. The van der Waals surface area contributed by atoms with E-state index in [9.17, 15) is 9.59 Å². The molecule has 0 aliphatic rings. The molecule has 3 N–H and O–H groups in total. The normalized spacial score (nSPS) is 10.0. The summed E-state index contributed by atoms with van der Waals surface area (Å²) >= 11 is 0. The number of ether oxygens (including phenoxy) is 1. The minimum atomic E-state index is -0.442. The average Bonchev–Trinajstić information content (AvgIpc) is 3.04. The van der Waals surface area contributed by atoms with Crippen LogP contribution >= 0.6 is 0 Å². The van der Waals surface area contributed by atoms with Crippen molar-refractivity contribution < 1.29 is 14.3 Å². The summed E-state index contributed by atoms with van der Waals surface area (Å²) in [4.78, 5) is 23.5. The van der Waals surface area contributed by atoms with E-state index < -0.39 is 6.03 Å². The van der Waals surface area contributed by atoms with Crippen molar-refractivity contribution in [1.29, 1.82) is 0 Å². The number of benzene rings is 2. The van der Waals surface area contributed by atoms with Gasteiger partial charge in [-0.2, -0.15) is 5.10 Å². The molecule has 27 heavy (non-hydrogen) atoms. The van der Waals surface area contributed by atoms with E-state index in [-0.39, 0.29) is 5.78 Å². The number of H-pyrrole nitrogens is 1. The van der Waals surface area contributed by atoms with Crippen LogP contribution in [0.1, 0.15) is 24.2 Å². The molecule has 2 amide bonds. The molecule has 0 spiro atoms. The number of hydrogen-bond donors (Lipinski definition) is 3. The molecule has 7 heteroatoms. The van der Waals surface area contributed by atoms with Gasteiger partial charge in [-0.25, -0.2) is 4.79 Å². The predicted molar refractivity (Wildman–Crippen MR) is 104 cm³/mol. The number of aromatic nitrogens is 2. The maximum atomic E-state index is 12.2. The summed E-state index contributed by atoms with van der Waals surface area (Å²) in [5, 5.41) is 13.1. The summed E-state index contributed by atoms with van der Waals surface area (Å²) in [6.07, 6.45) is 0. The monoisotopic (exact) mass is 362 g/mol. The average molecular weight is 362 g/mol. The summed E-state index contributed by atoms with van der Waals surface area (Å²) in [6, 6.07) is 11.6. The van der Waals surface area contributed by atoms with Gasteiger partial charge in [0.05, 0.1) is 5.52 Å². The van der Waals surface area contributed by atoms with Crippen molar-refractivity contribution in [3.05, 3.63) is 48.0 Å². The Balaban J connectivity index is 1.71. The standard InChI is InChI=1S/C20H18N4O3/c1-3-4-11-27-16-9-10-18-17(12-16)19(24-23-18)22-20(26)21-15-7-5-14(6-8-15)13(2)25/h5-10,12H,11H2,1-2H3,(H3,21,22,23,24,26). The van der Waals surface area contributed by atoms with Gasteiger partial charge in [0.2, 0.25) is 0 Å². The lowest BCUT2D eigenvalue weighted by Crippen LogP contribution is -2.19. The third-order valence-corrected chi connectivity index (χ3v) is 3.80. The van der Waals surface area contributed by atoms with Crippen LogP contribution in [0.3, 0.4) is 0 Å². The van der Waals surface area contributed by atoms with Crippen LogP contribution in [-0.4, -0.2) is 28.6 Å². The fraction of sp³-hybridized carbons (Fsp3) is 0.150. The van der Waals surface area contributed by atoms with Gasteiger partial charge < -0.3 is 10.1 Å². The molecule has 0 radical (unpaired) electrons. The Kier molecular flexibility index (Phi) is 5.38. The third-order valence-electron chi connectivity index (χ3n) is 3.80. The van der Waals surface area contributed by atoms with Gasteiger partial charge in [0, 0.05) is 16.6 Å². The molecular weight excluding hydrogens is 344 g/mol. The van der Waals surface area contributed by atoms with Gasteiger partial charge in [0.1, 0.15) is 12.4 Å². The second kappa shape index (κ2) is 8.06. The summed E-state index contributed by atoms with van der Waals surface area (Å²) in [7, 11) is 0. The molecular formula is C20H18N4O3. The van der Waals surface area contributed by atoms with Gasteiger partial charge in [0.25, 0.3) is 0 Å². The molecule has 0 unspecified atom stereocenters. The van der Waals surface area contributed by atoms with Gasteiger partial charge in [-0.3, -0.25) is 15.2 Å². The number of fused-ring (bicyclic) bond motifs is 1. The molecule has 0 saturated heterocycles. The molecule has 0 aliphatic heterocycles. The third kappa shape index (κ3) is 4.44. The first-order chi connectivity index (χ1) is 13.1. The molecule has 0 atom stereocenters. The molecule has 1 aromatic heterocycles. The second-order valence-electron chi connectivity index (χ2n) is 5.71. The van der Waals surface area contributed by atoms with Gasteiger partial charge in [-0.15, -0.1) is 5.92 Å². The minimum Gasteiger partial charge on any atom is -0.481 e. The van der Waals surface area contributed by atoms with Crippen LogP contribution in [0.2, 0.25) is 0 Å². The van der Waals surface area contributed by atoms with E-state index in [2.05, 4.69) is 32.7 Å². The van der Waals surface area contributed by atoms with Crippen molar-refractivity contribution in [2.75, 3.05) is 17.2 Å². The van der Waals surface area contributed by atoms with Crippen molar-refractivity contribution in [3.8, 4) is 17.6 Å². The zero-order valence-electron chi connectivity index (χ0n) is 14.9. The number of hydrogen-bond acceptors (Lipinski definition) is 4. The van der Waals surface area contributed by atoms with E-state index in [0.29, 0.717) is 29.4 Å². The summed E-state index contributed by atoms with van der Waals surface area (Å²) < 4.78 is 5.54. The smallest absolute Gasteiger partial charge is 0.324 e. The Bertz CT molecular complexity index is 1040. The van der Waals surface area contributed by atoms with Crippen LogP contribution in [0.15, 0.2) is 42.5 Å². The lowest BCUT2D eigenvalue weighted by molar-refractivity contribution is 0.101. The molecule has 0 bridgehead atoms. The van der Waals surface area contributed by atoms with E-state index in [1.165, 1.54) is 6.92 Å². The summed E-state index contributed by atoms with van der Waals surface area (Å²) in [6.45, 7) is 3.53. The molecule has 3 rings (SSSR count). The van der Waals surface area contributed by atoms with Gasteiger partial charge in [-0.1, -0.05) is 5.92 Å². The maximum Gasteiger partial charge on any atom is 0.324 e. The topological polar surface area (TPSA) is 96.1 Å². The highest BCUT2D eigenvalue weighted by atomic mass is 16.5. The van der Waals surface area contributed by atoms with Crippen LogP contribution < -0.4 is 15.4 Å². The number of amides is 2. The number of nitrogens with one attached hydrogen (secondary N) is 3. The Hall–Kier alpha value is -3.79. The van der Waals surface area contributed by atoms with Crippen LogP contribution in [0.4, 0.5) is 16.3 Å². The Labute approximate surface area is 156 Å². The number of anilines is 2. The van der Waals surface area contributed by atoms with Crippen LogP contribution in [-0.2, 0) is 0 Å². The van der Waals surface area contributed by atoms with Crippen LogP contribution in [0, 0.1) is 11.8 Å². The Morgan fingerprint density at radius 2 is 1.93 bits per heavy atom. The highest BCUT2D eigenvalue weighted by molar-refractivity contribution is 6.05. The lowest BCUT2D eigenvalue weighted by atomic mass is 10.1. The Morgan fingerprint density at radius 1 is 1.15 bits per heavy atom. The number of carbonyl (C=O) groups excluding carboxylic acids is 2. The number of rotatable bonds is 5. The zero-order valence-corrected chi connectivity index (χ0v) is 14.9. The van der Waals surface area contributed by atoms with Crippen LogP contribution in [0.25, 0.3) is 10.9 Å². The van der Waals surface area contributed by atoms with Crippen molar-refractivity contribution in [2.45, 2.75) is 13.8 Å². The first-order valence-corrected chi connectivity index (χ1v) is 8.26. The van der Waals surface area contributed by atoms with Crippen molar-refractivity contribution in [3.63, 3.8) is 0 Å². The van der Waals surface area contributed by atoms with Gasteiger partial charge in [0.15, 0.2) is 11.6 Å². The predicted octanol–water partition coefficient (Wildman–Crippen LogP) is 3.81. The first-order valence-electron chi connectivity index (χ1n) is 8.26. The fourth-order valence-corrected chi connectivity index (χ4v) is 2.43. The number of aromatic amines is 1. The quantitative estimate of drug-likeness (QED) is 0.475. The second-order valence-corrected chi connectivity index (χ2v) is 5.71. The number of carbonyl (C=O) groups is 2. The molecule has 7 nitrogen and oxygen atoms in total. The van der Waals surface area contributed by atoms with E-state index in [0.717, 1.165) is 10.9 Å². The van der Waals surface area contributed by atoms with Crippen LogP contribution in [0.5, 0.6) is 5.75 Å². The Morgan fingerprint density at radius 3 is 2.63 bits per heavy atom. The van der Waals surface area contributed by atoms with E-state index in [1.807, 2.05) is 6.07 Å². The molecule has 136 valence electrons. The van der Waals surface area contributed by atoms with Gasteiger partial charge in [-0.05, 0) is 56.3 Å². The number of urea groups is 1. The highest BCUT2D eigenvalue weighted by Crippen LogP contribution is 2.25. The fourth-order valence-electron chi connectivity index (χ4n) is 2.43. The van der Waals surface area contributed by atoms with Crippen molar-refractivity contribution >= 4 is 34.2 Å². The number of Topliss-reactive ketones (excluding diaryl/α,β-unsaturated/α-hetero) is 1. The minimum absolute atomic E-state index is 0.0306. The molecule has 0 fully saturated rings. The van der Waals surface area contributed by atoms with Gasteiger partial charge >= 0.3 is 6.03 Å². The van der Waals surface area contributed by atoms with Crippen molar-refractivity contribution in [1.82, 2.24) is 10.2 Å². The maximum absolute atomic E-state index is 12.2. The summed E-state index contributed by atoms with van der Waals surface area (Å²) in [5.74, 6) is 6.58. The zero-order chi connectivity index (χ0) is 19.2. The molecule has 0 aliphatic carbocycles. The van der Waals surface area contributed by atoms with E-state index in [1.54, 1.807) is 43.3 Å². The summed E-state index contributed by atoms with van der Waals surface area (Å²) in [5.41, 5.74) is 1.92. The molecule has 3 aromatic rings.